The van der Waals surface area contributed by atoms with E-state index in [2.05, 4.69) is 25.3 Å². The summed E-state index contributed by atoms with van der Waals surface area (Å²) in [6.45, 7) is 0. The summed E-state index contributed by atoms with van der Waals surface area (Å²) in [6, 6.07) is 5.94. The van der Waals surface area contributed by atoms with Gasteiger partial charge in [-0.2, -0.15) is 0 Å². The molecular formula is C17H15N5O. The Kier molecular flexibility index (Phi) is 3.34. The highest BCUT2D eigenvalue weighted by molar-refractivity contribution is 5.99. The number of aromatic amines is 1. The Morgan fingerprint density at radius 1 is 1.04 bits per heavy atom. The molecule has 1 amide bonds. The minimum atomic E-state index is 0.0440. The van der Waals surface area contributed by atoms with E-state index in [0.717, 1.165) is 46.7 Å². The molecule has 0 saturated heterocycles. The Hall–Kier alpha value is -3.02. The molecule has 23 heavy (non-hydrogen) atoms. The lowest BCUT2D eigenvalue weighted by Crippen LogP contribution is -2.03. The molecule has 6 nitrogen and oxygen atoms in total. The van der Waals surface area contributed by atoms with E-state index in [-0.39, 0.29) is 5.91 Å². The van der Waals surface area contributed by atoms with Crippen LogP contribution < -0.4 is 5.32 Å². The number of carbonyl (C=O) groups is 1. The molecule has 0 unspecified atom stereocenters. The fourth-order valence-electron chi connectivity index (χ4n) is 2.71. The first-order chi connectivity index (χ1) is 11.3. The van der Waals surface area contributed by atoms with E-state index >= 15 is 0 Å². The zero-order valence-corrected chi connectivity index (χ0v) is 12.4. The number of anilines is 1. The molecule has 114 valence electrons. The van der Waals surface area contributed by atoms with Crippen molar-refractivity contribution in [2.45, 2.75) is 19.3 Å². The zero-order valence-electron chi connectivity index (χ0n) is 12.4. The van der Waals surface area contributed by atoms with Crippen molar-refractivity contribution < 1.29 is 4.79 Å². The Balaban J connectivity index is 1.50. The number of aryl methyl sites for hydroxylation is 2. The van der Waals surface area contributed by atoms with Gasteiger partial charge in [-0.3, -0.25) is 4.79 Å². The molecule has 4 rings (SSSR count). The second kappa shape index (κ2) is 5.64. The number of nitrogens with zero attached hydrogens (tertiary/aromatic N) is 3. The second-order valence-electron chi connectivity index (χ2n) is 5.56. The highest BCUT2D eigenvalue weighted by Gasteiger charge is 2.17. The molecule has 3 aromatic rings. The molecule has 0 fully saturated rings. The molecule has 0 aliphatic carbocycles. The fraction of sp³-hybridized carbons (Fsp3) is 0.176. The van der Waals surface area contributed by atoms with Crippen LogP contribution in [0.3, 0.4) is 0 Å². The fourth-order valence-corrected chi connectivity index (χ4v) is 2.71. The molecular weight excluding hydrogens is 290 g/mol. The van der Waals surface area contributed by atoms with Crippen LogP contribution in [0.15, 0.2) is 43.1 Å². The molecule has 0 radical (unpaired) electrons. The Labute approximate surface area is 133 Å². The monoisotopic (exact) mass is 305 g/mol. The van der Waals surface area contributed by atoms with Gasteiger partial charge in [0.25, 0.3) is 0 Å². The molecule has 0 bridgehead atoms. The van der Waals surface area contributed by atoms with E-state index in [4.69, 9.17) is 0 Å². The van der Waals surface area contributed by atoms with Crippen molar-refractivity contribution in [3.05, 3.63) is 60.2 Å². The molecule has 3 heterocycles. The smallest absolute Gasteiger partial charge is 0.228 e. The van der Waals surface area contributed by atoms with Crippen LogP contribution in [0.2, 0.25) is 0 Å². The van der Waals surface area contributed by atoms with Gasteiger partial charge in [-0.1, -0.05) is 6.07 Å². The van der Waals surface area contributed by atoms with Gasteiger partial charge in [0, 0.05) is 42.0 Å². The van der Waals surface area contributed by atoms with Crippen molar-refractivity contribution in [2.75, 3.05) is 5.32 Å². The number of imidazole rings is 1. The third-order valence-corrected chi connectivity index (χ3v) is 3.94. The standard InChI is InChI=1S/C17H15N5O/c23-17-6-12-5-11(1-3-15(12)22-17)13-7-19-16(20-8-13)4-2-14-9-18-10-21-14/h1,3,5,7-10H,2,4,6H2,(H,18,21)(H,22,23). The van der Waals surface area contributed by atoms with Gasteiger partial charge >= 0.3 is 0 Å². The van der Waals surface area contributed by atoms with Crippen LogP contribution in [-0.2, 0) is 24.1 Å². The zero-order chi connectivity index (χ0) is 15.6. The minimum absolute atomic E-state index is 0.0440. The SMILES string of the molecule is O=C1Cc2cc(-c3cnc(CCc4cnc[nH]4)nc3)ccc2N1. The van der Waals surface area contributed by atoms with Crippen LogP contribution in [0.25, 0.3) is 11.1 Å². The molecule has 1 aliphatic rings. The van der Waals surface area contributed by atoms with Gasteiger partial charge in [-0.25, -0.2) is 15.0 Å². The first kappa shape index (κ1) is 13.6. The van der Waals surface area contributed by atoms with Crippen molar-refractivity contribution in [3.8, 4) is 11.1 Å². The van der Waals surface area contributed by atoms with Crippen molar-refractivity contribution in [3.63, 3.8) is 0 Å². The second-order valence-corrected chi connectivity index (χ2v) is 5.56. The van der Waals surface area contributed by atoms with E-state index < -0.39 is 0 Å². The number of benzene rings is 1. The third kappa shape index (κ3) is 2.83. The number of nitrogens with one attached hydrogen (secondary N) is 2. The number of carbonyl (C=O) groups excluding carboxylic acids is 1. The van der Waals surface area contributed by atoms with Gasteiger partial charge in [-0.05, 0) is 29.7 Å². The predicted octanol–water partition coefficient (Wildman–Crippen LogP) is 2.15. The molecule has 0 spiro atoms. The largest absolute Gasteiger partial charge is 0.348 e. The summed E-state index contributed by atoms with van der Waals surface area (Å²) in [6.07, 6.45) is 9.20. The third-order valence-electron chi connectivity index (χ3n) is 3.94. The van der Waals surface area contributed by atoms with E-state index in [1.165, 1.54) is 0 Å². The van der Waals surface area contributed by atoms with E-state index in [0.29, 0.717) is 6.42 Å². The lowest BCUT2D eigenvalue weighted by molar-refractivity contribution is -0.115. The Bertz CT molecular complexity index is 840. The quantitative estimate of drug-likeness (QED) is 0.773. The molecule has 0 saturated carbocycles. The molecule has 2 aromatic heterocycles. The maximum absolute atomic E-state index is 11.4. The van der Waals surface area contributed by atoms with Crippen molar-refractivity contribution in [2.24, 2.45) is 0 Å². The average Bonchev–Trinajstić information content (AvgIpc) is 3.21. The Morgan fingerprint density at radius 2 is 1.91 bits per heavy atom. The first-order valence-electron chi connectivity index (χ1n) is 7.49. The van der Waals surface area contributed by atoms with Gasteiger partial charge in [0.1, 0.15) is 5.82 Å². The highest BCUT2D eigenvalue weighted by Crippen LogP contribution is 2.28. The molecule has 1 aliphatic heterocycles. The van der Waals surface area contributed by atoms with E-state index in [9.17, 15) is 4.79 Å². The summed E-state index contributed by atoms with van der Waals surface area (Å²) in [5, 5.41) is 2.84. The van der Waals surface area contributed by atoms with E-state index in [1.807, 2.05) is 36.8 Å². The van der Waals surface area contributed by atoms with Gasteiger partial charge in [0.15, 0.2) is 0 Å². The number of amides is 1. The summed E-state index contributed by atoms with van der Waals surface area (Å²) in [5.74, 6) is 0.851. The summed E-state index contributed by atoms with van der Waals surface area (Å²) < 4.78 is 0. The molecule has 0 atom stereocenters. The molecule has 1 aromatic carbocycles. The maximum atomic E-state index is 11.4. The molecule has 2 N–H and O–H groups in total. The van der Waals surface area contributed by atoms with Crippen molar-refractivity contribution in [1.82, 2.24) is 19.9 Å². The lowest BCUT2D eigenvalue weighted by atomic mass is 10.0. The Morgan fingerprint density at radius 3 is 2.70 bits per heavy atom. The van der Waals surface area contributed by atoms with Crippen molar-refractivity contribution >= 4 is 11.6 Å². The number of rotatable bonds is 4. The molecule has 6 heteroatoms. The van der Waals surface area contributed by atoms with Crippen LogP contribution >= 0.6 is 0 Å². The average molecular weight is 305 g/mol. The highest BCUT2D eigenvalue weighted by atomic mass is 16.1. The first-order valence-corrected chi connectivity index (χ1v) is 7.49. The number of H-pyrrole nitrogens is 1. The number of hydrogen-bond acceptors (Lipinski definition) is 4. The van der Waals surface area contributed by atoms with Crippen LogP contribution in [0, 0.1) is 0 Å². The van der Waals surface area contributed by atoms with Crippen LogP contribution in [0.4, 0.5) is 5.69 Å². The van der Waals surface area contributed by atoms with Gasteiger partial charge in [0.05, 0.1) is 12.7 Å². The number of aromatic nitrogens is 4. The van der Waals surface area contributed by atoms with Crippen LogP contribution in [0.5, 0.6) is 0 Å². The normalized spacial score (nSPS) is 13.0. The summed E-state index contributed by atoms with van der Waals surface area (Å²) in [4.78, 5) is 27.4. The summed E-state index contributed by atoms with van der Waals surface area (Å²) >= 11 is 0. The van der Waals surface area contributed by atoms with Gasteiger partial charge in [-0.15, -0.1) is 0 Å². The van der Waals surface area contributed by atoms with Crippen LogP contribution in [0.1, 0.15) is 17.1 Å². The topological polar surface area (TPSA) is 83.6 Å². The summed E-state index contributed by atoms with van der Waals surface area (Å²) in [5.41, 5.74) is 4.98. The minimum Gasteiger partial charge on any atom is -0.348 e. The van der Waals surface area contributed by atoms with E-state index in [1.54, 1.807) is 6.33 Å². The number of hydrogen-bond donors (Lipinski definition) is 2. The summed E-state index contributed by atoms with van der Waals surface area (Å²) in [7, 11) is 0. The van der Waals surface area contributed by atoms with Crippen molar-refractivity contribution in [1.29, 1.82) is 0 Å². The predicted molar refractivity (Wildman–Crippen MR) is 85.8 cm³/mol. The van der Waals surface area contributed by atoms with Gasteiger partial charge in [0.2, 0.25) is 5.91 Å². The van der Waals surface area contributed by atoms with Gasteiger partial charge < -0.3 is 10.3 Å². The lowest BCUT2D eigenvalue weighted by Gasteiger charge is -2.05. The maximum Gasteiger partial charge on any atom is 0.228 e. The van der Waals surface area contributed by atoms with Crippen LogP contribution in [-0.4, -0.2) is 25.8 Å². The number of fused-ring (bicyclic) bond motifs is 1.